The van der Waals surface area contributed by atoms with Gasteiger partial charge in [-0.15, -0.1) is 0 Å². The Morgan fingerprint density at radius 2 is 2.19 bits per heavy atom. The van der Waals surface area contributed by atoms with Crippen molar-refractivity contribution in [2.24, 2.45) is 0 Å². The summed E-state index contributed by atoms with van der Waals surface area (Å²) < 4.78 is 6.06. The lowest BCUT2D eigenvalue weighted by Gasteiger charge is -2.23. The lowest BCUT2D eigenvalue weighted by Crippen LogP contribution is -2.23. The number of likely N-dealkylation sites (N-methyl/N-ethyl adjacent to an activating group) is 1. The minimum atomic E-state index is -0.465. The number of anilines is 1. The largest absolute Gasteiger partial charge is 0.389 e. The highest BCUT2D eigenvalue weighted by molar-refractivity contribution is 9.10. The van der Waals surface area contributed by atoms with Gasteiger partial charge in [0.2, 0.25) is 0 Å². The van der Waals surface area contributed by atoms with Gasteiger partial charge in [0.15, 0.2) is 0 Å². The first-order valence-corrected chi connectivity index (χ1v) is 6.03. The molecule has 1 rings (SSSR count). The van der Waals surface area contributed by atoms with Crippen molar-refractivity contribution in [3.8, 4) is 0 Å². The molecule has 0 aliphatic heterocycles. The van der Waals surface area contributed by atoms with Crippen LogP contribution in [0.5, 0.6) is 0 Å². The van der Waals surface area contributed by atoms with E-state index in [4.69, 9.17) is 4.74 Å². The zero-order valence-corrected chi connectivity index (χ0v) is 11.5. The van der Waals surface area contributed by atoms with Gasteiger partial charge in [0, 0.05) is 36.4 Å². The molecule has 1 aromatic carbocycles. The summed E-state index contributed by atoms with van der Waals surface area (Å²) >= 11 is 3.44. The molecule has 0 bridgehead atoms. The molecule has 1 atom stereocenters. The van der Waals surface area contributed by atoms with E-state index in [0.29, 0.717) is 6.61 Å². The number of hydrogen-bond acceptors (Lipinski definition) is 3. The number of hydrogen-bond donors (Lipinski definition) is 1. The van der Waals surface area contributed by atoms with Crippen molar-refractivity contribution in [1.29, 1.82) is 0 Å². The Bertz CT molecular complexity index is 342. The quantitative estimate of drug-likeness (QED) is 0.904. The minimum Gasteiger partial charge on any atom is -0.389 e. The molecule has 0 saturated carbocycles. The van der Waals surface area contributed by atoms with Crippen molar-refractivity contribution in [3.63, 3.8) is 0 Å². The van der Waals surface area contributed by atoms with Gasteiger partial charge in [0.05, 0.1) is 12.7 Å². The predicted octanol–water partition coefficient (Wildman–Crippen LogP) is 2.59. The standard InChI is InChI=1S/C12H18BrNO2/c1-9(15)11-5-4-10(13)8-12(11)14(2)6-7-16-3/h4-5,8-9,15H,6-7H2,1-3H3. The van der Waals surface area contributed by atoms with Gasteiger partial charge in [-0.05, 0) is 19.1 Å². The first-order chi connectivity index (χ1) is 7.56. The molecule has 1 unspecified atom stereocenters. The lowest BCUT2D eigenvalue weighted by atomic mass is 10.1. The summed E-state index contributed by atoms with van der Waals surface area (Å²) in [6.07, 6.45) is -0.465. The smallest absolute Gasteiger partial charge is 0.0782 e. The molecule has 1 N–H and O–H groups in total. The van der Waals surface area contributed by atoms with E-state index in [2.05, 4.69) is 20.8 Å². The molecule has 0 aliphatic rings. The molecule has 0 radical (unpaired) electrons. The molecule has 0 heterocycles. The van der Waals surface area contributed by atoms with E-state index in [1.54, 1.807) is 14.0 Å². The van der Waals surface area contributed by atoms with Crippen LogP contribution in [0.4, 0.5) is 5.69 Å². The Balaban J connectivity index is 2.95. The van der Waals surface area contributed by atoms with Crippen LogP contribution in [0.1, 0.15) is 18.6 Å². The SMILES string of the molecule is COCCN(C)c1cc(Br)ccc1C(C)O. The van der Waals surface area contributed by atoms with Crippen LogP contribution in [0.3, 0.4) is 0 Å². The zero-order chi connectivity index (χ0) is 12.1. The van der Waals surface area contributed by atoms with Gasteiger partial charge in [-0.2, -0.15) is 0 Å². The molecule has 16 heavy (non-hydrogen) atoms. The van der Waals surface area contributed by atoms with Crippen LogP contribution < -0.4 is 4.90 Å². The first-order valence-electron chi connectivity index (χ1n) is 5.24. The molecule has 0 aliphatic carbocycles. The van der Waals surface area contributed by atoms with E-state index >= 15 is 0 Å². The summed E-state index contributed by atoms with van der Waals surface area (Å²) in [5.41, 5.74) is 1.96. The monoisotopic (exact) mass is 287 g/mol. The van der Waals surface area contributed by atoms with Crippen LogP contribution in [0.15, 0.2) is 22.7 Å². The van der Waals surface area contributed by atoms with Crippen molar-refractivity contribution in [3.05, 3.63) is 28.2 Å². The number of aliphatic hydroxyl groups is 1. The third kappa shape index (κ3) is 3.47. The molecule has 3 nitrogen and oxygen atoms in total. The third-order valence-electron chi connectivity index (χ3n) is 2.48. The van der Waals surface area contributed by atoms with Gasteiger partial charge in [0.25, 0.3) is 0 Å². The van der Waals surface area contributed by atoms with Gasteiger partial charge in [-0.25, -0.2) is 0 Å². The number of ether oxygens (including phenoxy) is 1. The molecule has 0 fully saturated rings. The molecule has 90 valence electrons. The van der Waals surface area contributed by atoms with Crippen LogP contribution in [0.2, 0.25) is 0 Å². The third-order valence-corrected chi connectivity index (χ3v) is 2.98. The molecule has 0 spiro atoms. The van der Waals surface area contributed by atoms with Gasteiger partial charge in [-0.1, -0.05) is 22.0 Å². The van der Waals surface area contributed by atoms with Gasteiger partial charge >= 0.3 is 0 Å². The predicted molar refractivity (Wildman–Crippen MR) is 69.9 cm³/mol. The first kappa shape index (κ1) is 13.5. The summed E-state index contributed by atoms with van der Waals surface area (Å²) in [6.45, 7) is 3.24. The average molecular weight is 288 g/mol. The van der Waals surface area contributed by atoms with Gasteiger partial charge in [0.1, 0.15) is 0 Å². The Hall–Kier alpha value is -0.580. The fraction of sp³-hybridized carbons (Fsp3) is 0.500. The fourth-order valence-electron chi connectivity index (χ4n) is 1.55. The van der Waals surface area contributed by atoms with E-state index in [-0.39, 0.29) is 0 Å². The van der Waals surface area contributed by atoms with Crippen LogP contribution in [0, 0.1) is 0 Å². The minimum absolute atomic E-state index is 0.465. The molecular weight excluding hydrogens is 270 g/mol. The van der Waals surface area contributed by atoms with Crippen LogP contribution >= 0.6 is 15.9 Å². The van der Waals surface area contributed by atoms with Crippen molar-refractivity contribution < 1.29 is 9.84 Å². The summed E-state index contributed by atoms with van der Waals surface area (Å²) in [4.78, 5) is 2.08. The van der Waals surface area contributed by atoms with E-state index in [1.807, 2.05) is 25.2 Å². The molecule has 4 heteroatoms. The normalized spacial score (nSPS) is 12.6. The van der Waals surface area contributed by atoms with Crippen LogP contribution in [-0.2, 0) is 4.74 Å². The van der Waals surface area contributed by atoms with Crippen molar-refractivity contribution in [2.75, 3.05) is 32.2 Å². The summed E-state index contributed by atoms with van der Waals surface area (Å²) in [5.74, 6) is 0. The molecule has 0 saturated heterocycles. The zero-order valence-electron chi connectivity index (χ0n) is 9.90. The van der Waals surface area contributed by atoms with E-state index < -0.39 is 6.10 Å². The number of halogens is 1. The second-order valence-electron chi connectivity index (χ2n) is 3.79. The molecular formula is C12H18BrNO2. The topological polar surface area (TPSA) is 32.7 Å². The van der Waals surface area contributed by atoms with Crippen LogP contribution in [-0.4, -0.2) is 32.4 Å². The Labute approximate surface area is 105 Å². The Kier molecular flexibility index (Phi) is 5.25. The average Bonchev–Trinajstić information content (AvgIpc) is 2.25. The maximum absolute atomic E-state index is 9.70. The second-order valence-corrected chi connectivity index (χ2v) is 4.71. The highest BCUT2D eigenvalue weighted by Crippen LogP contribution is 2.28. The van der Waals surface area contributed by atoms with Crippen molar-refractivity contribution >= 4 is 21.6 Å². The van der Waals surface area contributed by atoms with Crippen molar-refractivity contribution in [1.82, 2.24) is 0 Å². The second kappa shape index (κ2) is 6.23. The molecule has 0 amide bonds. The fourth-order valence-corrected chi connectivity index (χ4v) is 1.90. The summed E-state index contributed by atoms with van der Waals surface area (Å²) in [7, 11) is 3.68. The van der Waals surface area contributed by atoms with Crippen LogP contribution in [0.25, 0.3) is 0 Å². The number of methoxy groups -OCH3 is 1. The maximum atomic E-state index is 9.70. The van der Waals surface area contributed by atoms with E-state index in [1.165, 1.54) is 0 Å². The number of aliphatic hydroxyl groups excluding tert-OH is 1. The summed E-state index contributed by atoms with van der Waals surface area (Å²) in [6, 6.07) is 5.89. The molecule has 1 aromatic rings. The lowest BCUT2D eigenvalue weighted by molar-refractivity contribution is 0.197. The van der Waals surface area contributed by atoms with E-state index in [9.17, 15) is 5.11 Å². The summed E-state index contributed by atoms with van der Waals surface area (Å²) in [5, 5.41) is 9.70. The highest BCUT2D eigenvalue weighted by Gasteiger charge is 2.11. The Morgan fingerprint density at radius 3 is 2.75 bits per heavy atom. The highest BCUT2D eigenvalue weighted by atomic mass is 79.9. The Morgan fingerprint density at radius 1 is 1.50 bits per heavy atom. The van der Waals surface area contributed by atoms with E-state index in [0.717, 1.165) is 22.3 Å². The maximum Gasteiger partial charge on any atom is 0.0782 e. The number of rotatable bonds is 5. The van der Waals surface area contributed by atoms with Gasteiger partial charge in [-0.3, -0.25) is 0 Å². The van der Waals surface area contributed by atoms with Gasteiger partial charge < -0.3 is 14.7 Å². The number of nitrogens with zero attached hydrogens (tertiary/aromatic N) is 1. The van der Waals surface area contributed by atoms with Crippen molar-refractivity contribution in [2.45, 2.75) is 13.0 Å². The molecule has 0 aromatic heterocycles. The number of benzene rings is 1.